The number of aliphatic hydroxyl groups excluding tert-OH is 1. The van der Waals surface area contributed by atoms with E-state index in [1.165, 1.54) is 0 Å². The number of carbonyl (C=O) groups is 1. The molecule has 2 aliphatic rings. The quantitative estimate of drug-likeness (QED) is 0.790. The second kappa shape index (κ2) is 5.82. The summed E-state index contributed by atoms with van der Waals surface area (Å²) in [4.78, 5) is 15.9. The highest BCUT2D eigenvalue weighted by Crippen LogP contribution is 2.31. The molecule has 2 rings (SSSR count). The van der Waals surface area contributed by atoms with Gasteiger partial charge in [0.25, 0.3) is 0 Å². The molecule has 21 heavy (non-hydrogen) atoms. The van der Waals surface area contributed by atoms with Crippen LogP contribution in [0, 0.1) is 11.3 Å². The van der Waals surface area contributed by atoms with Crippen molar-refractivity contribution in [2.75, 3.05) is 26.2 Å². The lowest BCUT2D eigenvalue weighted by molar-refractivity contribution is 0.0200. The fourth-order valence-corrected chi connectivity index (χ4v) is 2.99. The molecule has 2 saturated heterocycles. The summed E-state index contributed by atoms with van der Waals surface area (Å²) >= 11 is 0. The Morgan fingerprint density at radius 1 is 1.33 bits per heavy atom. The highest BCUT2D eigenvalue weighted by molar-refractivity contribution is 5.69. The molecule has 6 nitrogen and oxygen atoms in total. The molecular formula is C15H25N3O3. The second-order valence-corrected chi connectivity index (χ2v) is 7.01. The van der Waals surface area contributed by atoms with Crippen LogP contribution >= 0.6 is 0 Å². The minimum atomic E-state index is -0.628. The molecule has 2 fully saturated rings. The molecule has 1 amide bonds. The SMILES string of the molecule is CC(C)(C)OC(=O)N1CC[C@](C#N)(N2CCC(O)CC2)C1. The van der Waals surface area contributed by atoms with Crippen LogP contribution in [0.4, 0.5) is 4.79 Å². The predicted octanol–water partition coefficient (Wildman–Crippen LogP) is 1.35. The van der Waals surface area contributed by atoms with Gasteiger partial charge in [0.1, 0.15) is 11.1 Å². The first kappa shape index (κ1) is 16.1. The zero-order valence-corrected chi connectivity index (χ0v) is 13.1. The van der Waals surface area contributed by atoms with E-state index in [9.17, 15) is 15.2 Å². The minimum absolute atomic E-state index is 0.264. The predicted molar refractivity (Wildman–Crippen MR) is 77.6 cm³/mol. The number of hydrogen-bond acceptors (Lipinski definition) is 5. The topological polar surface area (TPSA) is 76.8 Å². The number of hydrogen-bond donors (Lipinski definition) is 1. The van der Waals surface area contributed by atoms with Crippen LogP contribution in [0.1, 0.15) is 40.0 Å². The first-order valence-electron chi connectivity index (χ1n) is 7.58. The van der Waals surface area contributed by atoms with Gasteiger partial charge in [-0.3, -0.25) is 4.90 Å². The minimum Gasteiger partial charge on any atom is -0.444 e. The average molecular weight is 295 g/mol. The molecule has 0 spiro atoms. The molecule has 1 atom stereocenters. The van der Waals surface area contributed by atoms with Crippen LogP contribution in [0.5, 0.6) is 0 Å². The van der Waals surface area contributed by atoms with Crippen LogP contribution in [0.25, 0.3) is 0 Å². The van der Waals surface area contributed by atoms with E-state index in [1.807, 2.05) is 20.8 Å². The third-order valence-corrected chi connectivity index (χ3v) is 4.18. The fourth-order valence-electron chi connectivity index (χ4n) is 2.99. The van der Waals surface area contributed by atoms with Gasteiger partial charge in [0, 0.05) is 19.6 Å². The van der Waals surface area contributed by atoms with E-state index >= 15 is 0 Å². The van der Waals surface area contributed by atoms with Crippen molar-refractivity contribution < 1.29 is 14.6 Å². The summed E-state index contributed by atoms with van der Waals surface area (Å²) in [6.07, 6.45) is 1.40. The number of nitriles is 1. The van der Waals surface area contributed by atoms with Crippen molar-refractivity contribution in [3.8, 4) is 6.07 Å². The maximum Gasteiger partial charge on any atom is 0.410 e. The van der Waals surface area contributed by atoms with Gasteiger partial charge in [-0.2, -0.15) is 5.26 Å². The van der Waals surface area contributed by atoms with E-state index in [4.69, 9.17) is 4.74 Å². The van der Waals surface area contributed by atoms with Gasteiger partial charge in [-0.1, -0.05) is 0 Å². The molecule has 0 radical (unpaired) electrons. The highest BCUT2D eigenvalue weighted by atomic mass is 16.6. The van der Waals surface area contributed by atoms with Crippen molar-refractivity contribution in [3.05, 3.63) is 0 Å². The molecule has 0 unspecified atom stereocenters. The van der Waals surface area contributed by atoms with E-state index in [1.54, 1.807) is 4.90 Å². The van der Waals surface area contributed by atoms with Gasteiger partial charge < -0.3 is 14.7 Å². The number of ether oxygens (including phenoxy) is 1. The Balaban J connectivity index is 2.01. The molecule has 1 N–H and O–H groups in total. The zero-order valence-electron chi connectivity index (χ0n) is 13.1. The number of carbonyl (C=O) groups excluding carboxylic acids is 1. The molecule has 0 aromatic heterocycles. The summed E-state index contributed by atoms with van der Waals surface area (Å²) in [5.41, 5.74) is -1.15. The Labute approximate surface area is 126 Å². The normalized spacial score (nSPS) is 28.4. The maximum absolute atomic E-state index is 12.1. The van der Waals surface area contributed by atoms with Crippen molar-refractivity contribution >= 4 is 6.09 Å². The molecule has 2 aliphatic heterocycles. The first-order valence-corrected chi connectivity index (χ1v) is 7.58. The molecule has 0 aromatic carbocycles. The lowest BCUT2D eigenvalue weighted by atomic mass is 9.94. The average Bonchev–Trinajstić information content (AvgIpc) is 2.83. The number of piperidine rings is 1. The smallest absolute Gasteiger partial charge is 0.410 e. The molecule has 6 heteroatoms. The van der Waals surface area contributed by atoms with Gasteiger partial charge in [-0.05, 0) is 40.0 Å². The summed E-state index contributed by atoms with van der Waals surface area (Å²) in [5.74, 6) is 0. The Hall–Kier alpha value is -1.32. The standard InChI is InChI=1S/C15H25N3O3/c1-14(2,3)21-13(20)17-9-6-15(10-16,11-17)18-7-4-12(19)5-8-18/h12,19H,4-9,11H2,1-3H3/t15-/m1/s1. The van der Waals surface area contributed by atoms with Crippen LogP contribution in [0.15, 0.2) is 0 Å². The van der Waals surface area contributed by atoms with Crippen molar-refractivity contribution in [2.45, 2.75) is 57.3 Å². The number of nitrogens with zero attached hydrogens (tertiary/aromatic N) is 3. The van der Waals surface area contributed by atoms with Gasteiger partial charge in [0.15, 0.2) is 0 Å². The Kier molecular flexibility index (Phi) is 4.45. The molecule has 0 aromatic rings. The van der Waals surface area contributed by atoms with E-state index in [0.717, 1.165) is 0 Å². The monoisotopic (exact) mass is 295 g/mol. The van der Waals surface area contributed by atoms with Gasteiger partial charge in [0.2, 0.25) is 0 Å². The third-order valence-electron chi connectivity index (χ3n) is 4.18. The molecule has 0 bridgehead atoms. The van der Waals surface area contributed by atoms with Crippen LogP contribution in [0.3, 0.4) is 0 Å². The summed E-state index contributed by atoms with van der Waals surface area (Å²) in [7, 11) is 0. The summed E-state index contributed by atoms with van der Waals surface area (Å²) in [5, 5.41) is 19.2. The van der Waals surface area contributed by atoms with Gasteiger partial charge in [-0.15, -0.1) is 0 Å². The molecule has 2 heterocycles. The van der Waals surface area contributed by atoms with E-state index in [-0.39, 0.29) is 12.2 Å². The van der Waals surface area contributed by atoms with Crippen molar-refractivity contribution in [3.63, 3.8) is 0 Å². The second-order valence-electron chi connectivity index (χ2n) is 7.01. The summed E-state index contributed by atoms with van der Waals surface area (Å²) in [6, 6.07) is 2.40. The summed E-state index contributed by atoms with van der Waals surface area (Å²) < 4.78 is 5.38. The van der Waals surface area contributed by atoms with Gasteiger partial charge in [-0.25, -0.2) is 4.79 Å². The Morgan fingerprint density at radius 2 is 1.95 bits per heavy atom. The van der Waals surface area contributed by atoms with E-state index < -0.39 is 11.1 Å². The zero-order chi connectivity index (χ0) is 15.7. The largest absolute Gasteiger partial charge is 0.444 e. The van der Waals surface area contributed by atoms with E-state index in [0.29, 0.717) is 45.4 Å². The molecule has 0 saturated carbocycles. The van der Waals surface area contributed by atoms with Crippen LogP contribution in [0.2, 0.25) is 0 Å². The lowest BCUT2D eigenvalue weighted by Crippen LogP contribution is -2.54. The molecular weight excluding hydrogens is 270 g/mol. The van der Waals surface area contributed by atoms with Crippen LogP contribution in [-0.2, 0) is 4.74 Å². The van der Waals surface area contributed by atoms with Crippen molar-refractivity contribution in [1.82, 2.24) is 9.80 Å². The summed E-state index contributed by atoms with van der Waals surface area (Å²) in [6.45, 7) is 7.85. The van der Waals surface area contributed by atoms with Crippen LogP contribution < -0.4 is 0 Å². The van der Waals surface area contributed by atoms with Crippen molar-refractivity contribution in [1.29, 1.82) is 5.26 Å². The number of aliphatic hydroxyl groups is 1. The van der Waals surface area contributed by atoms with E-state index in [2.05, 4.69) is 11.0 Å². The molecule has 0 aliphatic carbocycles. The van der Waals surface area contributed by atoms with Crippen LogP contribution in [-0.4, -0.2) is 64.4 Å². The fraction of sp³-hybridized carbons (Fsp3) is 0.867. The number of rotatable bonds is 1. The highest BCUT2D eigenvalue weighted by Gasteiger charge is 2.46. The lowest BCUT2D eigenvalue weighted by Gasteiger charge is -2.39. The number of likely N-dealkylation sites (tertiary alicyclic amines) is 2. The third kappa shape index (κ3) is 3.66. The molecule has 118 valence electrons. The van der Waals surface area contributed by atoms with Crippen molar-refractivity contribution in [2.24, 2.45) is 0 Å². The first-order chi connectivity index (χ1) is 9.76. The Bertz CT molecular complexity index is 432. The van der Waals surface area contributed by atoms with Gasteiger partial charge >= 0.3 is 6.09 Å². The van der Waals surface area contributed by atoms with Gasteiger partial charge in [0.05, 0.1) is 18.7 Å². The Morgan fingerprint density at radius 3 is 2.48 bits per heavy atom. The maximum atomic E-state index is 12.1. The number of amides is 1.